The van der Waals surface area contributed by atoms with Crippen molar-refractivity contribution in [3.8, 4) is 0 Å². The van der Waals surface area contributed by atoms with Crippen molar-refractivity contribution < 1.29 is 0 Å². The Morgan fingerprint density at radius 1 is 1.62 bits per heavy atom. The van der Waals surface area contributed by atoms with Gasteiger partial charge in [-0.25, -0.2) is 0 Å². The maximum absolute atomic E-state index is 7.21. The van der Waals surface area contributed by atoms with Crippen molar-refractivity contribution in [3.63, 3.8) is 0 Å². The van der Waals surface area contributed by atoms with E-state index in [0.29, 0.717) is 0 Å². The molecule has 0 aliphatic carbocycles. The van der Waals surface area contributed by atoms with Crippen LogP contribution in [-0.4, -0.2) is 11.5 Å². The van der Waals surface area contributed by atoms with E-state index in [2.05, 4.69) is 12.6 Å². The van der Waals surface area contributed by atoms with Crippen LogP contribution in [0.3, 0.4) is 0 Å². The SMILES string of the molecule is CCC(=N)CCCS. The highest BCUT2D eigenvalue weighted by atomic mass is 32.1. The Morgan fingerprint density at radius 2 is 2.25 bits per heavy atom. The van der Waals surface area contributed by atoms with E-state index in [0.717, 1.165) is 30.7 Å². The van der Waals surface area contributed by atoms with Crippen molar-refractivity contribution >= 4 is 18.3 Å². The van der Waals surface area contributed by atoms with Gasteiger partial charge in [0.2, 0.25) is 0 Å². The summed E-state index contributed by atoms with van der Waals surface area (Å²) in [7, 11) is 0. The fourth-order valence-electron chi connectivity index (χ4n) is 0.469. The molecule has 0 fully saturated rings. The second-order valence-corrected chi connectivity index (χ2v) is 2.23. The zero-order valence-corrected chi connectivity index (χ0v) is 6.17. The molecular weight excluding hydrogens is 118 g/mol. The summed E-state index contributed by atoms with van der Waals surface area (Å²) in [5.74, 6) is 0.905. The minimum absolute atomic E-state index is 0.846. The molecule has 8 heavy (non-hydrogen) atoms. The molecule has 2 heteroatoms. The molecule has 0 unspecified atom stereocenters. The summed E-state index contributed by atoms with van der Waals surface area (Å²) in [6.07, 6.45) is 2.88. The molecule has 0 atom stereocenters. The van der Waals surface area contributed by atoms with Gasteiger partial charge in [-0.05, 0) is 25.0 Å². The van der Waals surface area contributed by atoms with Crippen LogP contribution in [0.5, 0.6) is 0 Å². The lowest BCUT2D eigenvalue weighted by molar-refractivity contribution is 0.972. The molecule has 0 spiro atoms. The van der Waals surface area contributed by atoms with Gasteiger partial charge in [-0.15, -0.1) is 0 Å². The highest BCUT2D eigenvalue weighted by molar-refractivity contribution is 7.80. The van der Waals surface area contributed by atoms with Crippen molar-refractivity contribution in [1.29, 1.82) is 5.41 Å². The summed E-state index contributed by atoms with van der Waals surface area (Å²) in [6.45, 7) is 2.01. The van der Waals surface area contributed by atoms with E-state index in [4.69, 9.17) is 5.41 Å². The molecule has 0 radical (unpaired) electrons. The second kappa shape index (κ2) is 5.16. The third-order valence-electron chi connectivity index (χ3n) is 1.06. The van der Waals surface area contributed by atoms with Crippen LogP contribution in [0.25, 0.3) is 0 Å². The van der Waals surface area contributed by atoms with Gasteiger partial charge in [0.05, 0.1) is 0 Å². The first-order valence-electron chi connectivity index (χ1n) is 2.98. The number of nitrogens with one attached hydrogen (secondary N) is 1. The minimum Gasteiger partial charge on any atom is -0.310 e. The molecule has 0 aromatic rings. The lowest BCUT2D eigenvalue weighted by Gasteiger charge is -1.94. The third kappa shape index (κ3) is 4.19. The van der Waals surface area contributed by atoms with Crippen LogP contribution in [0.4, 0.5) is 0 Å². The highest BCUT2D eigenvalue weighted by Gasteiger charge is 1.89. The zero-order valence-electron chi connectivity index (χ0n) is 5.28. The van der Waals surface area contributed by atoms with Crippen molar-refractivity contribution in [2.75, 3.05) is 5.75 Å². The minimum atomic E-state index is 0.846. The van der Waals surface area contributed by atoms with Crippen LogP contribution < -0.4 is 0 Å². The van der Waals surface area contributed by atoms with Gasteiger partial charge in [0, 0.05) is 5.71 Å². The van der Waals surface area contributed by atoms with Crippen molar-refractivity contribution in [2.24, 2.45) is 0 Å². The molecule has 0 rings (SSSR count). The van der Waals surface area contributed by atoms with Gasteiger partial charge in [0.1, 0.15) is 0 Å². The van der Waals surface area contributed by atoms with Gasteiger partial charge in [-0.3, -0.25) is 0 Å². The number of thiol groups is 1. The molecule has 0 aromatic carbocycles. The van der Waals surface area contributed by atoms with Gasteiger partial charge >= 0.3 is 0 Å². The first-order valence-corrected chi connectivity index (χ1v) is 3.61. The maximum atomic E-state index is 7.21. The lowest BCUT2D eigenvalue weighted by atomic mass is 10.2. The number of hydrogen-bond acceptors (Lipinski definition) is 2. The fourth-order valence-corrected chi connectivity index (χ4v) is 0.627. The fraction of sp³-hybridized carbons (Fsp3) is 0.833. The molecule has 0 saturated heterocycles. The summed E-state index contributed by atoms with van der Waals surface area (Å²) in [4.78, 5) is 0. The Balaban J connectivity index is 2.99. The Hall–Kier alpha value is 0.0200. The van der Waals surface area contributed by atoms with Gasteiger partial charge in [0.25, 0.3) is 0 Å². The molecule has 0 amide bonds. The monoisotopic (exact) mass is 131 g/mol. The Morgan fingerprint density at radius 3 is 2.62 bits per heavy atom. The smallest absolute Gasteiger partial charge is 0.00867 e. The normalized spacial score (nSPS) is 9.25. The quantitative estimate of drug-likeness (QED) is 0.431. The molecule has 48 valence electrons. The zero-order chi connectivity index (χ0) is 6.41. The van der Waals surface area contributed by atoms with E-state index in [1.54, 1.807) is 0 Å². The molecule has 1 nitrogen and oxygen atoms in total. The molecule has 0 aliphatic rings. The third-order valence-corrected chi connectivity index (χ3v) is 1.38. The van der Waals surface area contributed by atoms with Crippen molar-refractivity contribution in [1.82, 2.24) is 0 Å². The van der Waals surface area contributed by atoms with E-state index >= 15 is 0 Å². The summed E-state index contributed by atoms with van der Waals surface area (Å²) in [5, 5.41) is 7.21. The van der Waals surface area contributed by atoms with Crippen molar-refractivity contribution in [3.05, 3.63) is 0 Å². The summed E-state index contributed by atoms with van der Waals surface area (Å²) in [5.41, 5.74) is 0.846. The van der Waals surface area contributed by atoms with E-state index in [1.165, 1.54) is 0 Å². The Labute approximate surface area is 56.4 Å². The van der Waals surface area contributed by atoms with Gasteiger partial charge in [0.15, 0.2) is 0 Å². The summed E-state index contributed by atoms with van der Waals surface area (Å²) in [6, 6.07) is 0. The van der Waals surface area contributed by atoms with Crippen LogP contribution in [0.2, 0.25) is 0 Å². The molecule has 0 saturated carbocycles. The van der Waals surface area contributed by atoms with Gasteiger partial charge in [-0.1, -0.05) is 6.92 Å². The second-order valence-electron chi connectivity index (χ2n) is 1.78. The van der Waals surface area contributed by atoms with Gasteiger partial charge in [-0.2, -0.15) is 12.6 Å². The van der Waals surface area contributed by atoms with Crippen molar-refractivity contribution in [2.45, 2.75) is 26.2 Å². The molecule has 0 bridgehead atoms. The van der Waals surface area contributed by atoms with Crippen LogP contribution in [0.15, 0.2) is 0 Å². The average Bonchev–Trinajstić information content (AvgIpc) is 1.83. The highest BCUT2D eigenvalue weighted by Crippen LogP contribution is 1.95. The lowest BCUT2D eigenvalue weighted by Crippen LogP contribution is -1.92. The largest absolute Gasteiger partial charge is 0.310 e. The van der Waals surface area contributed by atoms with E-state index in [9.17, 15) is 0 Å². The molecule has 0 aromatic heterocycles. The molecular formula is C6H13NS. The molecule has 0 aliphatic heterocycles. The van der Waals surface area contributed by atoms with E-state index in [1.807, 2.05) is 6.92 Å². The predicted octanol–water partition coefficient (Wildman–Crippen LogP) is 2.13. The van der Waals surface area contributed by atoms with Gasteiger partial charge < -0.3 is 5.41 Å². The van der Waals surface area contributed by atoms with Crippen LogP contribution in [-0.2, 0) is 0 Å². The summed E-state index contributed by atoms with van der Waals surface area (Å²) < 4.78 is 0. The molecule has 1 N–H and O–H groups in total. The Kier molecular flexibility index (Phi) is 5.18. The summed E-state index contributed by atoms with van der Waals surface area (Å²) >= 11 is 4.04. The topological polar surface area (TPSA) is 23.9 Å². The van der Waals surface area contributed by atoms with Crippen LogP contribution in [0, 0.1) is 5.41 Å². The maximum Gasteiger partial charge on any atom is 0.00867 e. The first-order chi connectivity index (χ1) is 3.81. The van der Waals surface area contributed by atoms with Crippen LogP contribution >= 0.6 is 12.6 Å². The number of hydrogen-bond donors (Lipinski definition) is 2. The average molecular weight is 131 g/mol. The van der Waals surface area contributed by atoms with E-state index in [-0.39, 0.29) is 0 Å². The van der Waals surface area contributed by atoms with E-state index < -0.39 is 0 Å². The molecule has 0 heterocycles. The predicted molar refractivity (Wildman–Crippen MR) is 41.1 cm³/mol. The standard InChI is InChI=1S/C6H13NS/c1-2-6(7)4-3-5-8/h7-8H,2-5H2,1H3. The number of rotatable bonds is 4. The van der Waals surface area contributed by atoms with Crippen LogP contribution in [0.1, 0.15) is 26.2 Å². The first kappa shape index (κ1) is 8.02. The Bertz CT molecular complexity index is 70.9.